The van der Waals surface area contributed by atoms with E-state index in [-0.39, 0.29) is 17.6 Å². The molecule has 1 aliphatic carbocycles. The minimum Gasteiger partial charge on any atom is -0.455 e. The predicted octanol–water partition coefficient (Wildman–Crippen LogP) is 3.55. The molecule has 8 nitrogen and oxygen atoms in total. The third-order valence-corrected chi connectivity index (χ3v) is 6.50. The number of benzene rings is 1. The molecule has 2 amide bonds. The third-order valence-electron chi connectivity index (χ3n) is 6.50. The van der Waals surface area contributed by atoms with E-state index in [4.69, 9.17) is 4.42 Å². The van der Waals surface area contributed by atoms with Crippen LogP contribution in [0.1, 0.15) is 50.6 Å². The molecule has 3 heterocycles. The highest BCUT2D eigenvalue weighted by Gasteiger charge is 2.32. The van der Waals surface area contributed by atoms with E-state index in [1.54, 1.807) is 35.4 Å². The number of carbonyl (C=O) groups is 2. The van der Waals surface area contributed by atoms with Gasteiger partial charge < -0.3 is 14.2 Å². The van der Waals surface area contributed by atoms with Crippen LogP contribution in [-0.2, 0) is 6.42 Å². The predicted molar refractivity (Wildman–Crippen MR) is 129 cm³/mol. The first-order valence-corrected chi connectivity index (χ1v) is 11.7. The zero-order valence-corrected chi connectivity index (χ0v) is 19.5. The van der Waals surface area contributed by atoms with Gasteiger partial charge in [-0.1, -0.05) is 12.1 Å². The lowest BCUT2D eigenvalue weighted by molar-refractivity contribution is 0.0711. The molecule has 1 fully saturated rings. The van der Waals surface area contributed by atoms with Gasteiger partial charge in [-0.25, -0.2) is 9.82 Å². The molecule has 3 aromatic rings. The molecule has 2 aromatic heterocycles. The first-order valence-electron chi connectivity index (χ1n) is 11.7. The number of pyridine rings is 1. The van der Waals surface area contributed by atoms with Crippen LogP contribution >= 0.6 is 0 Å². The van der Waals surface area contributed by atoms with Crippen molar-refractivity contribution in [3.8, 4) is 0 Å². The molecule has 0 radical (unpaired) electrons. The lowest BCUT2D eigenvalue weighted by atomic mass is 9.93. The van der Waals surface area contributed by atoms with Gasteiger partial charge in [0.2, 0.25) is 0 Å². The minimum absolute atomic E-state index is 0.177. The number of hydrogen-bond acceptors (Lipinski definition) is 6. The maximum atomic E-state index is 14.1. The SMILES string of the molecule is Cc1c(C(=O)N2CCN(c3ccccc3F)CC2)oc2c1/C(=N/NC(=O)c1cccnc1)CCC2. The molecular formula is C26H26FN5O3. The van der Waals surface area contributed by atoms with Crippen molar-refractivity contribution in [2.75, 3.05) is 31.1 Å². The summed E-state index contributed by atoms with van der Waals surface area (Å²) in [7, 11) is 0. The molecule has 0 spiro atoms. The van der Waals surface area contributed by atoms with Gasteiger partial charge in [-0.2, -0.15) is 5.10 Å². The van der Waals surface area contributed by atoms with E-state index in [1.165, 1.54) is 12.3 Å². The number of fused-ring (bicyclic) bond motifs is 1. The van der Waals surface area contributed by atoms with Crippen LogP contribution in [0.15, 0.2) is 58.3 Å². The van der Waals surface area contributed by atoms with Crippen molar-refractivity contribution in [3.05, 3.63) is 82.8 Å². The number of para-hydroxylation sites is 1. The third kappa shape index (κ3) is 4.53. The van der Waals surface area contributed by atoms with Crippen LogP contribution in [0, 0.1) is 12.7 Å². The number of amides is 2. The Morgan fingerprint density at radius 2 is 1.89 bits per heavy atom. The summed E-state index contributed by atoms with van der Waals surface area (Å²) in [6.45, 7) is 3.88. The van der Waals surface area contributed by atoms with E-state index >= 15 is 0 Å². The van der Waals surface area contributed by atoms with Crippen LogP contribution in [0.2, 0.25) is 0 Å². The fourth-order valence-corrected chi connectivity index (χ4v) is 4.67. The van der Waals surface area contributed by atoms with E-state index in [2.05, 4.69) is 15.5 Å². The van der Waals surface area contributed by atoms with Crippen LogP contribution in [0.25, 0.3) is 0 Å². The molecule has 1 aliphatic heterocycles. The summed E-state index contributed by atoms with van der Waals surface area (Å²) in [6.07, 6.45) is 5.28. The summed E-state index contributed by atoms with van der Waals surface area (Å²) in [5.41, 5.74) is 5.81. The van der Waals surface area contributed by atoms with Gasteiger partial charge >= 0.3 is 0 Å². The largest absolute Gasteiger partial charge is 0.455 e. The van der Waals surface area contributed by atoms with E-state index in [0.29, 0.717) is 61.7 Å². The van der Waals surface area contributed by atoms with Crippen LogP contribution in [0.4, 0.5) is 10.1 Å². The topological polar surface area (TPSA) is 91.0 Å². The van der Waals surface area contributed by atoms with Crippen LogP contribution in [0.5, 0.6) is 0 Å². The lowest BCUT2D eigenvalue weighted by Crippen LogP contribution is -2.49. The van der Waals surface area contributed by atoms with Crippen molar-refractivity contribution < 1.29 is 18.4 Å². The van der Waals surface area contributed by atoms with E-state index < -0.39 is 0 Å². The van der Waals surface area contributed by atoms with E-state index in [1.807, 2.05) is 17.9 Å². The second-order valence-electron chi connectivity index (χ2n) is 8.68. The molecule has 9 heteroatoms. The van der Waals surface area contributed by atoms with Gasteiger partial charge in [0.05, 0.1) is 17.0 Å². The Morgan fingerprint density at radius 1 is 1.09 bits per heavy atom. The van der Waals surface area contributed by atoms with Crippen LogP contribution < -0.4 is 10.3 Å². The quantitative estimate of drug-likeness (QED) is 0.583. The number of anilines is 1. The number of carbonyl (C=O) groups excluding carboxylic acids is 2. The zero-order valence-electron chi connectivity index (χ0n) is 19.5. The number of rotatable bonds is 4. The Bertz CT molecular complexity index is 1280. The number of halogens is 1. The Labute approximate surface area is 202 Å². The smallest absolute Gasteiger partial charge is 0.289 e. The lowest BCUT2D eigenvalue weighted by Gasteiger charge is -2.35. The van der Waals surface area contributed by atoms with Gasteiger partial charge in [-0.05, 0) is 44.0 Å². The van der Waals surface area contributed by atoms with Gasteiger partial charge in [0.1, 0.15) is 11.6 Å². The van der Waals surface area contributed by atoms with Gasteiger partial charge in [-0.3, -0.25) is 14.6 Å². The fraction of sp³-hybridized carbons (Fsp3) is 0.308. The van der Waals surface area contributed by atoms with Crippen molar-refractivity contribution in [2.45, 2.75) is 26.2 Å². The molecule has 180 valence electrons. The van der Waals surface area contributed by atoms with Crippen molar-refractivity contribution in [2.24, 2.45) is 5.10 Å². The summed E-state index contributed by atoms with van der Waals surface area (Å²) >= 11 is 0. The van der Waals surface area contributed by atoms with E-state index in [0.717, 1.165) is 23.3 Å². The zero-order chi connectivity index (χ0) is 24.4. The number of hydrazone groups is 1. The molecule has 5 rings (SSSR count). The van der Waals surface area contributed by atoms with Crippen LogP contribution in [0.3, 0.4) is 0 Å². The van der Waals surface area contributed by atoms with Gasteiger partial charge in [-0.15, -0.1) is 0 Å². The molecule has 0 saturated carbocycles. The average molecular weight is 476 g/mol. The van der Waals surface area contributed by atoms with E-state index in [9.17, 15) is 14.0 Å². The van der Waals surface area contributed by atoms with Gasteiger partial charge in [0, 0.05) is 56.1 Å². The van der Waals surface area contributed by atoms with Crippen LogP contribution in [-0.4, -0.2) is 53.6 Å². The number of nitrogens with one attached hydrogen (secondary N) is 1. The number of furan rings is 1. The number of aromatic nitrogens is 1. The second-order valence-corrected chi connectivity index (χ2v) is 8.68. The summed E-state index contributed by atoms with van der Waals surface area (Å²) in [5.74, 6) is 0.245. The van der Waals surface area contributed by atoms with Crippen molar-refractivity contribution in [1.82, 2.24) is 15.3 Å². The van der Waals surface area contributed by atoms with Gasteiger partial charge in [0.15, 0.2) is 5.76 Å². The maximum absolute atomic E-state index is 14.1. The summed E-state index contributed by atoms with van der Waals surface area (Å²) in [5, 5.41) is 4.36. The van der Waals surface area contributed by atoms with Gasteiger partial charge in [0.25, 0.3) is 11.8 Å². The van der Waals surface area contributed by atoms with Crippen molar-refractivity contribution in [3.63, 3.8) is 0 Å². The molecule has 0 bridgehead atoms. The highest BCUT2D eigenvalue weighted by molar-refractivity contribution is 6.07. The standard InChI is InChI=1S/C26H26FN5O3/c1-17-23-20(29-30-25(33)18-6-5-11-28-16-18)8-4-10-22(23)35-24(17)26(34)32-14-12-31(13-15-32)21-9-3-2-7-19(21)27/h2-3,5-7,9,11,16H,4,8,10,12-15H2,1H3,(H,30,33)/b29-20+. The molecule has 35 heavy (non-hydrogen) atoms. The molecule has 1 saturated heterocycles. The number of aryl methyl sites for hydroxylation is 1. The Balaban J connectivity index is 1.31. The summed E-state index contributed by atoms with van der Waals surface area (Å²) in [4.78, 5) is 33.4. The Morgan fingerprint density at radius 3 is 2.63 bits per heavy atom. The maximum Gasteiger partial charge on any atom is 0.289 e. The van der Waals surface area contributed by atoms with Crippen molar-refractivity contribution in [1.29, 1.82) is 0 Å². The highest BCUT2D eigenvalue weighted by Crippen LogP contribution is 2.31. The number of piperazine rings is 1. The second kappa shape index (κ2) is 9.69. The van der Waals surface area contributed by atoms with Crippen molar-refractivity contribution >= 4 is 23.2 Å². The Kier molecular flexibility index (Phi) is 6.31. The monoisotopic (exact) mass is 475 g/mol. The summed E-state index contributed by atoms with van der Waals surface area (Å²) in [6, 6.07) is 10.0. The molecule has 0 unspecified atom stereocenters. The molecule has 1 N–H and O–H groups in total. The molecule has 1 aromatic carbocycles. The highest BCUT2D eigenvalue weighted by atomic mass is 19.1. The summed E-state index contributed by atoms with van der Waals surface area (Å²) < 4.78 is 20.2. The average Bonchev–Trinajstić information content (AvgIpc) is 3.24. The number of nitrogens with zero attached hydrogens (tertiary/aromatic N) is 4. The number of hydrogen-bond donors (Lipinski definition) is 1. The Hall–Kier alpha value is -4.01. The minimum atomic E-state index is -0.345. The fourth-order valence-electron chi connectivity index (χ4n) is 4.67. The molecule has 0 atom stereocenters. The molecule has 2 aliphatic rings. The first-order chi connectivity index (χ1) is 17.0. The first kappa shape index (κ1) is 22.8. The molecular weight excluding hydrogens is 449 g/mol. The normalized spacial score (nSPS) is 16.8.